The Morgan fingerprint density at radius 3 is 2.33 bits per heavy atom. The van der Waals surface area contributed by atoms with Crippen molar-refractivity contribution in [2.75, 3.05) is 6.61 Å². The number of carbonyl (C=O) groups excluding carboxylic acids is 1. The maximum Gasteiger partial charge on any atom is 0.419 e. The number of carbonyl (C=O) groups is 1. The fourth-order valence-corrected chi connectivity index (χ4v) is 2.27. The van der Waals surface area contributed by atoms with Crippen molar-refractivity contribution in [3.05, 3.63) is 29.8 Å². The summed E-state index contributed by atoms with van der Waals surface area (Å²) in [5.74, 6) is -0.973. The molecule has 0 aliphatic carbocycles. The van der Waals surface area contributed by atoms with E-state index in [1.54, 1.807) is 0 Å². The lowest BCUT2D eigenvalue weighted by Gasteiger charge is -2.27. The number of aliphatic hydroxyl groups excluding tert-OH is 1. The van der Waals surface area contributed by atoms with E-state index >= 15 is 0 Å². The Morgan fingerprint density at radius 2 is 1.83 bits per heavy atom. The van der Waals surface area contributed by atoms with Gasteiger partial charge >= 0.3 is 6.18 Å². The Hall–Kier alpha value is -1.76. The predicted molar refractivity (Wildman–Crippen MR) is 84.6 cm³/mol. The fraction of sp³-hybridized carbons (Fsp3) is 0.588. The highest BCUT2D eigenvalue weighted by atomic mass is 19.4. The van der Waals surface area contributed by atoms with Gasteiger partial charge in [0.05, 0.1) is 18.2 Å². The van der Waals surface area contributed by atoms with Crippen molar-refractivity contribution < 1.29 is 27.8 Å². The van der Waals surface area contributed by atoms with Crippen molar-refractivity contribution in [3.8, 4) is 5.75 Å². The van der Waals surface area contributed by atoms with Crippen LogP contribution in [-0.2, 0) is 11.0 Å². The van der Waals surface area contributed by atoms with Gasteiger partial charge in [-0.15, -0.1) is 0 Å². The number of hydrogen-bond acceptors (Lipinski definition) is 3. The van der Waals surface area contributed by atoms with E-state index in [-0.39, 0.29) is 12.0 Å². The molecule has 0 fully saturated rings. The molecular formula is C17H24F3NO3. The summed E-state index contributed by atoms with van der Waals surface area (Å²) in [5, 5.41) is 12.0. The molecule has 0 aromatic heterocycles. The zero-order chi connectivity index (χ0) is 18.5. The first-order valence-corrected chi connectivity index (χ1v) is 7.68. The van der Waals surface area contributed by atoms with Gasteiger partial charge in [0.2, 0.25) is 0 Å². The van der Waals surface area contributed by atoms with Gasteiger partial charge < -0.3 is 15.2 Å². The first-order chi connectivity index (χ1) is 10.9. The highest BCUT2D eigenvalue weighted by Gasteiger charge is 2.35. The third kappa shape index (κ3) is 6.39. The number of nitrogens with one attached hydrogen (secondary N) is 1. The number of benzene rings is 1. The first-order valence-electron chi connectivity index (χ1n) is 7.68. The van der Waals surface area contributed by atoms with Crippen molar-refractivity contribution >= 4 is 5.91 Å². The summed E-state index contributed by atoms with van der Waals surface area (Å²) < 4.78 is 44.0. The maximum atomic E-state index is 12.9. The van der Waals surface area contributed by atoms with Gasteiger partial charge in [0.1, 0.15) is 5.75 Å². The Bertz CT molecular complexity index is 553. The average Bonchev–Trinajstić information content (AvgIpc) is 2.44. The van der Waals surface area contributed by atoms with Gasteiger partial charge in [0.15, 0.2) is 6.10 Å². The number of rotatable bonds is 6. The minimum Gasteiger partial charge on any atom is -0.480 e. The number of aliphatic hydroxyl groups is 1. The van der Waals surface area contributed by atoms with E-state index in [1.165, 1.54) is 25.1 Å². The largest absolute Gasteiger partial charge is 0.480 e. The lowest BCUT2D eigenvalue weighted by molar-refractivity contribution is -0.140. The molecule has 7 heteroatoms. The van der Waals surface area contributed by atoms with Crippen LogP contribution in [0.25, 0.3) is 0 Å². The van der Waals surface area contributed by atoms with E-state index in [0.717, 1.165) is 6.07 Å². The van der Waals surface area contributed by atoms with Crippen LogP contribution in [0.3, 0.4) is 0 Å². The summed E-state index contributed by atoms with van der Waals surface area (Å²) in [6, 6.07) is 4.25. The van der Waals surface area contributed by atoms with Crippen LogP contribution in [0, 0.1) is 5.41 Å². The lowest BCUT2D eigenvalue weighted by atomic mass is 9.88. The van der Waals surface area contributed by atoms with Crippen LogP contribution in [0.1, 0.15) is 39.7 Å². The van der Waals surface area contributed by atoms with Crippen molar-refractivity contribution in [2.24, 2.45) is 5.41 Å². The first kappa shape index (κ1) is 20.3. The second-order valence-corrected chi connectivity index (χ2v) is 6.91. The monoisotopic (exact) mass is 347 g/mol. The van der Waals surface area contributed by atoms with Gasteiger partial charge in [-0.05, 0) is 30.9 Å². The number of hydrogen-bond donors (Lipinski definition) is 2. The standard InChI is InChI=1S/C17H24F3NO3/c1-11(15(23)21-12(10-22)9-16(2,3)4)24-14-8-6-5-7-13(14)17(18,19)20/h5-8,11-12,22H,9-10H2,1-4H3,(H,21,23)/t11-,12-/m1/s1. The second-order valence-electron chi connectivity index (χ2n) is 6.91. The number of halogens is 3. The molecule has 0 aliphatic heterocycles. The molecule has 24 heavy (non-hydrogen) atoms. The van der Waals surface area contributed by atoms with Gasteiger partial charge in [0, 0.05) is 0 Å². The molecule has 1 rings (SSSR count). The van der Waals surface area contributed by atoms with Crippen LogP contribution in [0.5, 0.6) is 5.75 Å². The zero-order valence-electron chi connectivity index (χ0n) is 14.3. The SMILES string of the molecule is C[C@@H](Oc1ccccc1C(F)(F)F)C(=O)N[C@@H](CO)CC(C)(C)C. The number of alkyl halides is 3. The van der Waals surface area contributed by atoms with Gasteiger partial charge in [-0.2, -0.15) is 13.2 Å². The molecule has 0 unspecified atom stereocenters. The number of para-hydroxylation sites is 1. The minimum absolute atomic E-state index is 0.117. The molecule has 0 saturated heterocycles. The van der Waals surface area contributed by atoms with E-state index in [4.69, 9.17) is 4.74 Å². The zero-order valence-corrected chi connectivity index (χ0v) is 14.3. The summed E-state index contributed by atoms with van der Waals surface area (Å²) in [6.07, 6.45) is -5.16. The van der Waals surface area contributed by atoms with Crippen LogP contribution in [0.4, 0.5) is 13.2 Å². The van der Waals surface area contributed by atoms with Gasteiger partial charge in [-0.25, -0.2) is 0 Å². The Kier molecular flexibility index (Phi) is 6.66. The topological polar surface area (TPSA) is 58.6 Å². The van der Waals surface area contributed by atoms with Crippen molar-refractivity contribution in [2.45, 2.75) is 52.4 Å². The summed E-state index contributed by atoms with van der Waals surface area (Å²) in [5.41, 5.74) is -1.05. The highest BCUT2D eigenvalue weighted by Crippen LogP contribution is 2.36. The molecule has 1 aromatic rings. The van der Waals surface area contributed by atoms with E-state index in [1.807, 2.05) is 20.8 Å². The van der Waals surface area contributed by atoms with Crippen LogP contribution >= 0.6 is 0 Å². The van der Waals surface area contributed by atoms with Gasteiger partial charge in [-0.3, -0.25) is 4.79 Å². The van der Waals surface area contributed by atoms with Gasteiger partial charge in [0.25, 0.3) is 5.91 Å². The van der Waals surface area contributed by atoms with Crippen molar-refractivity contribution in [1.29, 1.82) is 0 Å². The van der Waals surface area contributed by atoms with E-state index in [2.05, 4.69) is 5.32 Å². The molecule has 0 aliphatic rings. The van der Waals surface area contributed by atoms with E-state index in [0.29, 0.717) is 6.42 Å². The molecule has 1 aromatic carbocycles. The normalized spacial score (nSPS) is 14.8. The molecule has 0 spiro atoms. The molecule has 2 N–H and O–H groups in total. The van der Waals surface area contributed by atoms with Gasteiger partial charge in [-0.1, -0.05) is 32.9 Å². The lowest BCUT2D eigenvalue weighted by Crippen LogP contribution is -2.45. The average molecular weight is 347 g/mol. The maximum absolute atomic E-state index is 12.9. The quantitative estimate of drug-likeness (QED) is 0.829. The summed E-state index contributed by atoms with van der Waals surface area (Å²) in [4.78, 5) is 12.1. The smallest absolute Gasteiger partial charge is 0.419 e. The fourth-order valence-electron chi connectivity index (χ4n) is 2.27. The van der Waals surface area contributed by atoms with Crippen LogP contribution in [0.15, 0.2) is 24.3 Å². The molecular weight excluding hydrogens is 323 g/mol. The molecule has 0 radical (unpaired) electrons. The third-order valence-electron chi connectivity index (χ3n) is 3.29. The Morgan fingerprint density at radius 1 is 1.25 bits per heavy atom. The predicted octanol–water partition coefficient (Wildman–Crippen LogP) is 3.39. The summed E-state index contributed by atoms with van der Waals surface area (Å²) in [6.45, 7) is 6.99. The summed E-state index contributed by atoms with van der Waals surface area (Å²) >= 11 is 0. The van der Waals surface area contributed by atoms with Crippen molar-refractivity contribution in [3.63, 3.8) is 0 Å². The Balaban J connectivity index is 2.78. The van der Waals surface area contributed by atoms with Crippen molar-refractivity contribution in [1.82, 2.24) is 5.32 Å². The number of amides is 1. The second kappa shape index (κ2) is 7.88. The molecule has 0 heterocycles. The third-order valence-corrected chi connectivity index (χ3v) is 3.29. The van der Waals surface area contributed by atoms with Crippen LogP contribution in [0.2, 0.25) is 0 Å². The van der Waals surface area contributed by atoms with E-state index < -0.39 is 35.5 Å². The molecule has 136 valence electrons. The minimum atomic E-state index is -4.56. The Labute approximate surface area is 140 Å². The van der Waals surface area contributed by atoms with Crippen LogP contribution in [-0.4, -0.2) is 29.8 Å². The van der Waals surface area contributed by atoms with E-state index in [9.17, 15) is 23.1 Å². The number of ether oxygens (including phenoxy) is 1. The molecule has 0 saturated carbocycles. The molecule has 4 nitrogen and oxygen atoms in total. The highest BCUT2D eigenvalue weighted by molar-refractivity contribution is 5.81. The van der Waals surface area contributed by atoms with Crippen LogP contribution < -0.4 is 10.1 Å². The molecule has 0 bridgehead atoms. The molecule has 1 amide bonds. The summed E-state index contributed by atoms with van der Waals surface area (Å²) in [7, 11) is 0. The molecule has 2 atom stereocenters.